The Kier molecular flexibility index (Phi) is 5.22. The Balaban J connectivity index is 2.17. The van der Waals surface area contributed by atoms with E-state index in [1.54, 1.807) is 7.11 Å². The summed E-state index contributed by atoms with van der Waals surface area (Å²) in [5, 5.41) is 9.47. The minimum Gasteiger partial charge on any atom is -0.493 e. The molecule has 0 saturated carbocycles. The molecule has 0 unspecified atom stereocenters. The molecule has 0 radical (unpaired) electrons. The third-order valence-electron chi connectivity index (χ3n) is 3.80. The summed E-state index contributed by atoms with van der Waals surface area (Å²) in [7, 11) is 1.66. The highest BCUT2D eigenvalue weighted by molar-refractivity contribution is 7.99. The second kappa shape index (κ2) is 6.72. The van der Waals surface area contributed by atoms with Crippen molar-refractivity contribution in [2.75, 3.05) is 25.2 Å². The van der Waals surface area contributed by atoms with Gasteiger partial charge in [-0.1, -0.05) is 19.9 Å². The van der Waals surface area contributed by atoms with Gasteiger partial charge in [-0.05, 0) is 42.0 Å². The maximum absolute atomic E-state index is 9.47. The van der Waals surface area contributed by atoms with Crippen molar-refractivity contribution in [3.63, 3.8) is 0 Å². The second-order valence-electron chi connectivity index (χ2n) is 5.84. The van der Waals surface area contributed by atoms with Crippen molar-refractivity contribution in [2.24, 2.45) is 0 Å². The molecule has 1 heterocycles. The van der Waals surface area contributed by atoms with E-state index in [1.807, 2.05) is 43.8 Å². The van der Waals surface area contributed by atoms with Crippen LogP contribution in [0.4, 0.5) is 0 Å². The summed E-state index contributed by atoms with van der Waals surface area (Å²) in [6.07, 6.45) is 2.48. The van der Waals surface area contributed by atoms with Crippen LogP contribution in [0.3, 0.4) is 0 Å². The predicted octanol–water partition coefficient (Wildman–Crippen LogP) is 3.24. The van der Waals surface area contributed by atoms with Crippen molar-refractivity contribution < 1.29 is 14.6 Å². The first-order chi connectivity index (χ1) is 9.56. The van der Waals surface area contributed by atoms with Gasteiger partial charge in [-0.25, -0.2) is 0 Å². The van der Waals surface area contributed by atoms with Gasteiger partial charge in [-0.3, -0.25) is 0 Å². The van der Waals surface area contributed by atoms with E-state index in [0.29, 0.717) is 6.10 Å². The zero-order valence-electron chi connectivity index (χ0n) is 12.5. The van der Waals surface area contributed by atoms with Crippen LogP contribution in [0.2, 0.25) is 0 Å². The Hall–Kier alpha value is -0.870. The highest BCUT2D eigenvalue weighted by atomic mass is 32.2. The number of ether oxygens (including phenoxy) is 2. The maximum Gasteiger partial charge on any atom is 0.161 e. The van der Waals surface area contributed by atoms with Crippen molar-refractivity contribution in [3.05, 3.63) is 23.8 Å². The zero-order valence-corrected chi connectivity index (χ0v) is 13.3. The molecule has 0 amide bonds. The van der Waals surface area contributed by atoms with Gasteiger partial charge in [0.2, 0.25) is 0 Å². The first-order valence-electron chi connectivity index (χ1n) is 7.10. The molecule has 1 aromatic rings. The molecule has 1 fully saturated rings. The van der Waals surface area contributed by atoms with Crippen LogP contribution in [0.1, 0.15) is 32.3 Å². The molecule has 3 nitrogen and oxygen atoms in total. The second-order valence-corrected chi connectivity index (χ2v) is 7.06. The number of aliphatic hydroxyl groups excluding tert-OH is 1. The lowest BCUT2D eigenvalue weighted by Crippen LogP contribution is -2.23. The molecular formula is C16H24O3S. The van der Waals surface area contributed by atoms with E-state index in [9.17, 15) is 5.11 Å². The molecule has 2 rings (SSSR count). The monoisotopic (exact) mass is 296 g/mol. The fourth-order valence-corrected chi connectivity index (χ4v) is 3.31. The van der Waals surface area contributed by atoms with E-state index >= 15 is 0 Å². The van der Waals surface area contributed by atoms with Gasteiger partial charge in [-0.2, -0.15) is 11.8 Å². The van der Waals surface area contributed by atoms with Crippen molar-refractivity contribution in [3.8, 4) is 11.5 Å². The maximum atomic E-state index is 9.47. The number of hydrogen-bond acceptors (Lipinski definition) is 4. The first kappa shape index (κ1) is 15.5. The van der Waals surface area contributed by atoms with Crippen LogP contribution >= 0.6 is 11.8 Å². The molecule has 1 aliphatic rings. The van der Waals surface area contributed by atoms with Gasteiger partial charge in [0.15, 0.2) is 11.5 Å². The molecular weight excluding hydrogens is 272 g/mol. The average Bonchev–Trinajstić information content (AvgIpc) is 2.48. The topological polar surface area (TPSA) is 38.7 Å². The summed E-state index contributed by atoms with van der Waals surface area (Å²) >= 11 is 1.99. The molecule has 0 spiro atoms. The van der Waals surface area contributed by atoms with Gasteiger partial charge in [0.05, 0.1) is 13.7 Å². The molecule has 112 valence electrons. The van der Waals surface area contributed by atoms with Gasteiger partial charge in [-0.15, -0.1) is 0 Å². The van der Waals surface area contributed by atoms with Gasteiger partial charge in [0.1, 0.15) is 6.10 Å². The minimum atomic E-state index is -0.271. The molecule has 0 aliphatic carbocycles. The third-order valence-corrected chi connectivity index (χ3v) is 4.85. The highest BCUT2D eigenvalue weighted by Crippen LogP contribution is 2.35. The number of benzene rings is 1. The number of aliphatic hydroxyl groups is 1. The fraction of sp³-hybridized carbons (Fsp3) is 0.625. The molecule has 1 aromatic carbocycles. The Labute approximate surface area is 125 Å². The smallest absolute Gasteiger partial charge is 0.161 e. The third kappa shape index (κ3) is 3.61. The van der Waals surface area contributed by atoms with Gasteiger partial charge in [0, 0.05) is 5.41 Å². The Morgan fingerprint density at radius 2 is 1.95 bits per heavy atom. The summed E-state index contributed by atoms with van der Waals surface area (Å²) in [6, 6.07) is 5.96. The van der Waals surface area contributed by atoms with Crippen LogP contribution in [0.15, 0.2) is 18.2 Å². The van der Waals surface area contributed by atoms with Crippen LogP contribution in [-0.2, 0) is 5.41 Å². The van der Waals surface area contributed by atoms with E-state index < -0.39 is 0 Å². The van der Waals surface area contributed by atoms with Crippen molar-refractivity contribution in [2.45, 2.75) is 38.2 Å². The fourth-order valence-electron chi connectivity index (χ4n) is 2.25. The lowest BCUT2D eigenvalue weighted by molar-refractivity contribution is 0.184. The summed E-state index contributed by atoms with van der Waals surface area (Å²) in [5.41, 5.74) is 0.788. The van der Waals surface area contributed by atoms with Crippen LogP contribution in [0.5, 0.6) is 11.5 Å². The number of thioether (sulfide) groups is 1. The zero-order chi connectivity index (χ0) is 14.6. The van der Waals surface area contributed by atoms with Crippen LogP contribution in [-0.4, -0.2) is 36.4 Å². The molecule has 1 aliphatic heterocycles. The highest BCUT2D eigenvalue weighted by Gasteiger charge is 2.22. The normalized spacial score (nSPS) is 17.0. The molecule has 4 heteroatoms. The van der Waals surface area contributed by atoms with Gasteiger partial charge in [0.25, 0.3) is 0 Å². The van der Waals surface area contributed by atoms with Crippen LogP contribution in [0, 0.1) is 0 Å². The number of methoxy groups -OCH3 is 1. The first-order valence-corrected chi connectivity index (χ1v) is 8.26. The van der Waals surface area contributed by atoms with Gasteiger partial charge >= 0.3 is 0 Å². The van der Waals surface area contributed by atoms with E-state index in [4.69, 9.17) is 9.47 Å². The number of hydrogen-bond donors (Lipinski definition) is 1. The van der Waals surface area contributed by atoms with E-state index in [-0.39, 0.29) is 12.0 Å². The molecule has 0 aromatic heterocycles. The molecule has 0 bridgehead atoms. The van der Waals surface area contributed by atoms with Crippen LogP contribution < -0.4 is 9.47 Å². The van der Waals surface area contributed by atoms with Crippen molar-refractivity contribution in [1.82, 2.24) is 0 Å². The summed E-state index contributed by atoms with van der Waals surface area (Å²) in [6.45, 7) is 4.14. The lowest BCUT2D eigenvalue weighted by Gasteiger charge is -2.26. The van der Waals surface area contributed by atoms with E-state index in [1.165, 1.54) is 11.5 Å². The standard InChI is InChI=1S/C16H24O3S/c1-16(2,11-17)12-4-5-14(15(10-12)18-3)19-13-6-8-20-9-7-13/h4-5,10,13,17H,6-9,11H2,1-3H3. The summed E-state index contributed by atoms with van der Waals surface area (Å²) in [5.74, 6) is 3.90. The molecule has 1 saturated heterocycles. The SMILES string of the molecule is COc1cc(C(C)(C)CO)ccc1OC1CCSCC1. The van der Waals surface area contributed by atoms with E-state index in [2.05, 4.69) is 0 Å². The van der Waals surface area contributed by atoms with Crippen LogP contribution in [0.25, 0.3) is 0 Å². The largest absolute Gasteiger partial charge is 0.493 e. The Morgan fingerprint density at radius 3 is 2.55 bits per heavy atom. The van der Waals surface area contributed by atoms with Crippen molar-refractivity contribution >= 4 is 11.8 Å². The van der Waals surface area contributed by atoms with Gasteiger partial charge < -0.3 is 14.6 Å². The average molecular weight is 296 g/mol. The number of rotatable bonds is 5. The molecule has 0 atom stereocenters. The minimum absolute atomic E-state index is 0.107. The molecule has 1 N–H and O–H groups in total. The lowest BCUT2D eigenvalue weighted by atomic mass is 9.85. The Morgan fingerprint density at radius 1 is 1.25 bits per heavy atom. The van der Waals surface area contributed by atoms with Crippen molar-refractivity contribution in [1.29, 1.82) is 0 Å². The summed E-state index contributed by atoms with van der Waals surface area (Å²) in [4.78, 5) is 0. The predicted molar refractivity (Wildman–Crippen MR) is 84.1 cm³/mol. The quantitative estimate of drug-likeness (QED) is 0.905. The Bertz CT molecular complexity index is 439. The van der Waals surface area contributed by atoms with E-state index in [0.717, 1.165) is 29.9 Å². The molecule has 20 heavy (non-hydrogen) atoms. The summed E-state index contributed by atoms with van der Waals surface area (Å²) < 4.78 is 11.5.